The zero-order valence-electron chi connectivity index (χ0n) is 27.3. The highest BCUT2D eigenvalue weighted by molar-refractivity contribution is 7.93. The molecule has 10 nitrogen and oxygen atoms in total. The lowest BCUT2D eigenvalue weighted by Gasteiger charge is -2.22. The van der Waals surface area contributed by atoms with E-state index in [0.717, 1.165) is 6.42 Å². The highest BCUT2D eigenvalue weighted by atomic mass is 32.2. The van der Waals surface area contributed by atoms with E-state index in [1.165, 1.54) is 16.8 Å². The van der Waals surface area contributed by atoms with Crippen molar-refractivity contribution in [2.24, 2.45) is 17.0 Å². The van der Waals surface area contributed by atoms with Crippen LogP contribution in [0.3, 0.4) is 0 Å². The number of nitrogens with zero attached hydrogens (tertiary/aromatic N) is 5. The predicted molar refractivity (Wildman–Crippen MR) is 192 cm³/mol. The first-order valence-electron chi connectivity index (χ1n) is 16.1. The third-order valence-corrected chi connectivity index (χ3v) is 10.4. The lowest BCUT2D eigenvalue weighted by Crippen LogP contribution is -2.39. The van der Waals surface area contributed by atoms with E-state index in [4.69, 9.17) is 19.7 Å². The smallest absolute Gasteiger partial charge is 0.277 e. The number of aryl methyl sites for hydroxylation is 2. The van der Waals surface area contributed by atoms with Gasteiger partial charge in [0.2, 0.25) is 0 Å². The van der Waals surface area contributed by atoms with Gasteiger partial charge in [0.05, 0.1) is 45.6 Å². The van der Waals surface area contributed by atoms with Gasteiger partial charge >= 0.3 is 0 Å². The number of aromatic amines is 1. The molecule has 2 aromatic heterocycles. The Morgan fingerprint density at radius 2 is 1.41 bits per heavy atom. The molecule has 0 radical (unpaired) electrons. The Labute approximate surface area is 283 Å². The SMILES string of the molecule is CCCc1nn(C)c2c(=O)[nH]c(-c3cc(S(=O)(=O)C4C(c5ccccc5)=Nc5ccccc5N=C4c4ccccc4)ccc3OCC)nc12. The van der Waals surface area contributed by atoms with Gasteiger partial charge in [-0.2, -0.15) is 5.10 Å². The fourth-order valence-electron chi connectivity index (χ4n) is 6.17. The number of hydrogen-bond acceptors (Lipinski definition) is 8. The fraction of sp³-hybridized carbons (Fsp3) is 0.184. The van der Waals surface area contributed by atoms with Crippen LogP contribution in [0.25, 0.3) is 22.4 Å². The van der Waals surface area contributed by atoms with Crippen molar-refractivity contribution in [3.05, 3.63) is 130 Å². The zero-order valence-corrected chi connectivity index (χ0v) is 28.1. The summed E-state index contributed by atoms with van der Waals surface area (Å²) in [7, 11) is -2.57. The quantitative estimate of drug-likeness (QED) is 0.181. The van der Waals surface area contributed by atoms with Crippen LogP contribution in [-0.4, -0.2) is 51.4 Å². The molecule has 1 N–H and O–H groups in total. The number of nitrogens with one attached hydrogen (secondary N) is 1. The minimum absolute atomic E-state index is 0.00288. The second-order valence-electron chi connectivity index (χ2n) is 11.7. The van der Waals surface area contributed by atoms with Crippen LogP contribution < -0.4 is 10.3 Å². The summed E-state index contributed by atoms with van der Waals surface area (Å²) in [5.41, 5.74) is 4.58. The molecule has 4 aromatic carbocycles. The van der Waals surface area contributed by atoms with Crippen molar-refractivity contribution in [2.75, 3.05) is 6.61 Å². The van der Waals surface area contributed by atoms with Gasteiger partial charge in [-0.15, -0.1) is 0 Å². The predicted octanol–water partition coefficient (Wildman–Crippen LogP) is 6.77. The summed E-state index contributed by atoms with van der Waals surface area (Å²) in [6, 6.07) is 30.6. The van der Waals surface area contributed by atoms with Crippen LogP contribution in [0.5, 0.6) is 5.75 Å². The summed E-state index contributed by atoms with van der Waals surface area (Å²) in [5.74, 6) is 0.567. The molecule has 246 valence electrons. The van der Waals surface area contributed by atoms with Crippen molar-refractivity contribution in [2.45, 2.75) is 36.8 Å². The molecule has 0 saturated heterocycles. The standard InChI is InChI=1S/C38H34N6O4S/c1-4-14-30-34-35(44(3)43-30)38(45)42-37(41-34)27-23-26(21-22-31(27)48-5-2)49(46,47)36-32(24-15-8-6-9-16-24)39-28-19-12-13-20-29(28)40-33(36)25-17-10-7-11-18-25/h6-13,15-23,36H,4-5,14H2,1-3H3,(H,41,42,45). The lowest BCUT2D eigenvalue weighted by atomic mass is 9.99. The van der Waals surface area contributed by atoms with E-state index in [9.17, 15) is 4.79 Å². The van der Waals surface area contributed by atoms with E-state index in [1.807, 2.05) is 98.8 Å². The fourth-order valence-corrected chi connectivity index (χ4v) is 7.95. The topological polar surface area (TPSA) is 132 Å². The van der Waals surface area contributed by atoms with Gasteiger partial charge in [-0.3, -0.25) is 9.48 Å². The summed E-state index contributed by atoms with van der Waals surface area (Å²) in [4.78, 5) is 31.1. The van der Waals surface area contributed by atoms with Crippen molar-refractivity contribution in [1.82, 2.24) is 19.7 Å². The van der Waals surface area contributed by atoms with Gasteiger partial charge in [-0.05, 0) is 54.8 Å². The zero-order chi connectivity index (χ0) is 34.1. The molecule has 1 aliphatic rings. The van der Waals surface area contributed by atoms with E-state index in [1.54, 1.807) is 13.1 Å². The molecule has 3 heterocycles. The van der Waals surface area contributed by atoms with Crippen LogP contribution in [0.4, 0.5) is 11.4 Å². The summed E-state index contributed by atoms with van der Waals surface area (Å²) >= 11 is 0. The number of para-hydroxylation sites is 2. The van der Waals surface area contributed by atoms with Gasteiger partial charge in [0, 0.05) is 7.05 Å². The first-order chi connectivity index (χ1) is 23.8. The van der Waals surface area contributed by atoms with Gasteiger partial charge in [-0.25, -0.2) is 23.4 Å². The number of rotatable bonds is 9. The van der Waals surface area contributed by atoms with E-state index < -0.39 is 15.1 Å². The Morgan fingerprint density at radius 1 is 0.816 bits per heavy atom. The maximum Gasteiger partial charge on any atom is 0.277 e. The first kappa shape index (κ1) is 31.9. The number of aliphatic imine (C=N–C) groups is 2. The summed E-state index contributed by atoms with van der Waals surface area (Å²) < 4.78 is 37.9. The lowest BCUT2D eigenvalue weighted by molar-refractivity contribution is 0.341. The van der Waals surface area contributed by atoms with E-state index in [-0.39, 0.29) is 16.3 Å². The molecular formula is C38H34N6O4S. The van der Waals surface area contributed by atoms with Crippen molar-refractivity contribution < 1.29 is 13.2 Å². The van der Waals surface area contributed by atoms with Crippen molar-refractivity contribution in [3.8, 4) is 17.1 Å². The number of ether oxygens (including phenoxy) is 1. The molecule has 0 spiro atoms. The molecule has 0 aliphatic carbocycles. The number of hydrogen-bond donors (Lipinski definition) is 1. The summed E-state index contributed by atoms with van der Waals surface area (Å²) in [6.07, 6.45) is 1.45. The minimum atomic E-state index is -4.28. The van der Waals surface area contributed by atoms with Crippen LogP contribution in [0.2, 0.25) is 0 Å². The van der Waals surface area contributed by atoms with Crippen molar-refractivity contribution in [3.63, 3.8) is 0 Å². The molecule has 0 unspecified atom stereocenters. The monoisotopic (exact) mass is 670 g/mol. The number of benzene rings is 4. The summed E-state index contributed by atoms with van der Waals surface area (Å²) in [6.45, 7) is 4.18. The normalized spacial score (nSPS) is 13.4. The molecule has 0 saturated carbocycles. The molecule has 0 bridgehead atoms. The van der Waals surface area contributed by atoms with Gasteiger partial charge in [-0.1, -0.05) is 86.1 Å². The second-order valence-corrected chi connectivity index (χ2v) is 13.7. The maximum atomic E-state index is 15.2. The molecule has 1 aliphatic heterocycles. The van der Waals surface area contributed by atoms with Crippen LogP contribution in [0.15, 0.2) is 123 Å². The molecular weight excluding hydrogens is 637 g/mol. The van der Waals surface area contributed by atoms with E-state index in [2.05, 4.69) is 10.1 Å². The van der Waals surface area contributed by atoms with Gasteiger partial charge in [0.25, 0.3) is 5.56 Å². The Kier molecular flexibility index (Phi) is 8.52. The number of fused-ring (bicyclic) bond motifs is 2. The Bertz CT molecular complexity index is 2340. The molecule has 0 atom stereocenters. The largest absolute Gasteiger partial charge is 0.493 e. The van der Waals surface area contributed by atoms with Crippen molar-refractivity contribution in [1.29, 1.82) is 0 Å². The summed E-state index contributed by atoms with van der Waals surface area (Å²) in [5, 5.41) is 3.24. The number of sulfone groups is 1. The van der Waals surface area contributed by atoms with Crippen LogP contribution >= 0.6 is 0 Å². The third-order valence-electron chi connectivity index (χ3n) is 8.39. The average Bonchev–Trinajstić information content (AvgIpc) is 3.32. The van der Waals surface area contributed by atoms with Gasteiger partial charge in [0.15, 0.2) is 20.6 Å². The third kappa shape index (κ3) is 5.86. The van der Waals surface area contributed by atoms with Crippen LogP contribution in [0, 0.1) is 0 Å². The Hall–Kier alpha value is -5.68. The van der Waals surface area contributed by atoms with Gasteiger partial charge in [0.1, 0.15) is 17.1 Å². The average molecular weight is 671 g/mol. The minimum Gasteiger partial charge on any atom is -0.493 e. The molecule has 6 aromatic rings. The highest BCUT2D eigenvalue weighted by Crippen LogP contribution is 2.38. The second kappa shape index (κ2) is 13.1. The molecule has 11 heteroatoms. The van der Waals surface area contributed by atoms with Crippen LogP contribution in [-0.2, 0) is 23.3 Å². The first-order valence-corrected chi connectivity index (χ1v) is 17.7. The van der Waals surface area contributed by atoms with Crippen molar-refractivity contribution >= 4 is 43.7 Å². The number of aromatic nitrogens is 4. The molecule has 0 fully saturated rings. The van der Waals surface area contributed by atoms with Crippen LogP contribution in [0.1, 0.15) is 37.1 Å². The molecule has 0 amide bonds. The highest BCUT2D eigenvalue weighted by Gasteiger charge is 2.40. The Morgan fingerprint density at radius 3 is 1.98 bits per heavy atom. The molecule has 7 rings (SSSR count). The maximum absolute atomic E-state index is 15.2. The van der Waals surface area contributed by atoms with E-state index >= 15 is 8.42 Å². The molecule has 49 heavy (non-hydrogen) atoms. The van der Waals surface area contributed by atoms with E-state index in [0.29, 0.717) is 75.0 Å². The van der Waals surface area contributed by atoms with Gasteiger partial charge < -0.3 is 9.72 Å². The number of H-pyrrole nitrogens is 1. The Balaban J connectivity index is 1.47.